The van der Waals surface area contributed by atoms with Crippen molar-refractivity contribution in [2.24, 2.45) is 5.73 Å². The molecule has 0 atom stereocenters. The third kappa shape index (κ3) is 4.52. The largest absolute Gasteiger partial charge is 0.386 e. The lowest BCUT2D eigenvalue weighted by Crippen LogP contribution is -2.20. The molecule has 0 spiro atoms. The predicted molar refractivity (Wildman–Crippen MR) is 114 cm³/mol. The van der Waals surface area contributed by atoms with Crippen molar-refractivity contribution in [2.45, 2.75) is 6.92 Å². The number of hydrogen-bond donors (Lipinski definition) is 4. The van der Waals surface area contributed by atoms with E-state index >= 15 is 0 Å². The Labute approximate surface area is 169 Å². The van der Waals surface area contributed by atoms with E-state index in [-0.39, 0.29) is 12.3 Å². The smallest absolute Gasteiger partial charge is 0.271 e. The van der Waals surface area contributed by atoms with Crippen LogP contribution in [0.5, 0.6) is 0 Å². The Morgan fingerprint density at radius 3 is 2.34 bits per heavy atom. The molecule has 0 saturated carbocycles. The summed E-state index contributed by atoms with van der Waals surface area (Å²) < 4.78 is 1.87. The molecule has 1 aromatic carbocycles. The lowest BCUT2D eigenvalue weighted by Gasteiger charge is -2.09. The van der Waals surface area contributed by atoms with E-state index in [2.05, 4.69) is 26.7 Å². The van der Waals surface area contributed by atoms with Gasteiger partial charge in [-0.2, -0.15) is 5.10 Å². The maximum atomic E-state index is 12.0. The zero-order valence-corrected chi connectivity index (χ0v) is 16.9. The van der Waals surface area contributed by atoms with E-state index in [1.807, 2.05) is 55.1 Å². The molecule has 0 aliphatic rings. The quantitative estimate of drug-likeness (QED) is 0.488. The van der Waals surface area contributed by atoms with Crippen LogP contribution >= 0.6 is 0 Å². The number of rotatable bonds is 5. The Balaban J connectivity index is 0.000000941. The summed E-state index contributed by atoms with van der Waals surface area (Å²) in [7, 11) is 5.23. The van der Waals surface area contributed by atoms with Gasteiger partial charge in [0.1, 0.15) is 5.82 Å². The summed E-state index contributed by atoms with van der Waals surface area (Å²) in [6.07, 6.45) is 1.93. The Morgan fingerprint density at radius 2 is 1.79 bits per heavy atom. The Bertz CT molecular complexity index is 984. The molecule has 0 aliphatic heterocycles. The number of carbonyl (C=O) groups excluding carboxylic acids is 2. The SMILES string of the molecule is CNC(=O)c1ncc(-c2nn(-c3ccccc3)c(NC)c2C)cc1NC.NC=O. The van der Waals surface area contributed by atoms with Gasteiger partial charge in [0.15, 0.2) is 5.69 Å². The van der Waals surface area contributed by atoms with Crippen LogP contribution in [0.3, 0.4) is 0 Å². The Morgan fingerprint density at radius 1 is 1.14 bits per heavy atom. The van der Waals surface area contributed by atoms with Gasteiger partial charge < -0.3 is 21.7 Å². The standard InChI is InChI=1S/C19H22N6O.CH3NO/c1-12-16(13-10-15(20-2)17(23-11-13)19(26)22-4)24-25(18(12)21-3)14-8-6-5-7-9-14;2-1-3/h5-11,20-21H,1-4H3,(H,22,26);1H,(H2,2,3). The van der Waals surface area contributed by atoms with E-state index in [1.54, 1.807) is 20.3 Å². The van der Waals surface area contributed by atoms with Crippen LogP contribution in [0.2, 0.25) is 0 Å². The average Bonchev–Trinajstić information content (AvgIpc) is 3.10. The van der Waals surface area contributed by atoms with Crippen molar-refractivity contribution in [3.63, 3.8) is 0 Å². The number of pyridine rings is 1. The van der Waals surface area contributed by atoms with Crippen LogP contribution in [-0.2, 0) is 4.79 Å². The fraction of sp³-hybridized carbons (Fsp3) is 0.200. The van der Waals surface area contributed by atoms with Crippen LogP contribution in [-0.4, -0.2) is 48.2 Å². The van der Waals surface area contributed by atoms with Crippen molar-refractivity contribution in [3.8, 4) is 16.9 Å². The summed E-state index contributed by atoms with van der Waals surface area (Å²) in [4.78, 5) is 24.9. The summed E-state index contributed by atoms with van der Waals surface area (Å²) in [6, 6.07) is 11.8. The molecule has 0 radical (unpaired) electrons. The van der Waals surface area contributed by atoms with Gasteiger partial charge in [0.05, 0.1) is 17.1 Å². The Kier molecular flexibility index (Phi) is 7.30. The number of anilines is 2. The molecule has 0 bridgehead atoms. The van der Waals surface area contributed by atoms with Crippen molar-refractivity contribution in [1.29, 1.82) is 0 Å². The van der Waals surface area contributed by atoms with E-state index < -0.39 is 0 Å². The number of amides is 2. The molecular formula is C20H25N7O2. The lowest BCUT2D eigenvalue weighted by atomic mass is 10.1. The van der Waals surface area contributed by atoms with Gasteiger partial charge in [-0.25, -0.2) is 9.67 Å². The zero-order chi connectivity index (χ0) is 21.4. The number of nitrogens with zero attached hydrogens (tertiary/aromatic N) is 3. The first kappa shape index (κ1) is 21.4. The van der Waals surface area contributed by atoms with E-state index in [4.69, 9.17) is 9.89 Å². The van der Waals surface area contributed by atoms with Crippen molar-refractivity contribution >= 4 is 23.8 Å². The molecule has 152 valence electrons. The van der Waals surface area contributed by atoms with Gasteiger partial charge >= 0.3 is 0 Å². The van der Waals surface area contributed by atoms with Gasteiger partial charge in [-0.15, -0.1) is 0 Å². The molecule has 29 heavy (non-hydrogen) atoms. The highest BCUT2D eigenvalue weighted by Gasteiger charge is 2.19. The maximum absolute atomic E-state index is 12.0. The number of aromatic nitrogens is 3. The average molecular weight is 395 g/mol. The van der Waals surface area contributed by atoms with Gasteiger partial charge in [-0.05, 0) is 25.1 Å². The maximum Gasteiger partial charge on any atom is 0.271 e. The van der Waals surface area contributed by atoms with Gasteiger partial charge in [-0.1, -0.05) is 18.2 Å². The number of hydrogen-bond acceptors (Lipinski definition) is 6. The number of nitrogens with one attached hydrogen (secondary N) is 3. The monoisotopic (exact) mass is 395 g/mol. The number of para-hydroxylation sites is 1. The number of carbonyl (C=O) groups is 2. The fourth-order valence-electron chi connectivity index (χ4n) is 2.90. The van der Waals surface area contributed by atoms with Crippen molar-refractivity contribution in [3.05, 3.63) is 53.9 Å². The van der Waals surface area contributed by atoms with Gasteiger partial charge in [-0.3, -0.25) is 9.59 Å². The fourth-order valence-corrected chi connectivity index (χ4v) is 2.90. The molecule has 0 saturated heterocycles. The van der Waals surface area contributed by atoms with Crippen molar-refractivity contribution < 1.29 is 9.59 Å². The molecule has 3 rings (SSSR count). The van der Waals surface area contributed by atoms with Gasteiger partial charge in [0, 0.05) is 38.5 Å². The molecule has 2 heterocycles. The number of benzene rings is 1. The summed E-state index contributed by atoms with van der Waals surface area (Å²) in [5.41, 5.74) is 8.80. The van der Waals surface area contributed by atoms with E-state index in [1.165, 1.54) is 0 Å². The first-order valence-electron chi connectivity index (χ1n) is 8.90. The second kappa shape index (κ2) is 9.88. The summed E-state index contributed by atoms with van der Waals surface area (Å²) in [5.74, 6) is 0.677. The molecule has 2 amide bonds. The lowest BCUT2D eigenvalue weighted by molar-refractivity contribution is -0.106. The second-order valence-electron chi connectivity index (χ2n) is 5.90. The van der Waals surface area contributed by atoms with E-state index in [0.29, 0.717) is 11.4 Å². The van der Waals surface area contributed by atoms with Crippen LogP contribution in [0.15, 0.2) is 42.6 Å². The molecule has 0 aliphatic carbocycles. The minimum absolute atomic E-state index is 0.233. The highest BCUT2D eigenvalue weighted by molar-refractivity contribution is 5.98. The van der Waals surface area contributed by atoms with Crippen LogP contribution in [0.4, 0.5) is 11.5 Å². The molecule has 5 N–H and O–H groups in total. The normalized spacial score (nSPS) is 9.79. The molecule has 2 aromatic heterocycles. The molecular weight excluding hydrogens is 370 g/mol. The molecule has 9 heteroatoms. The first-order chi connectivity index (χ1) is 14.0. The van der Waals surface area contributed by atoms with Crippen LogP contribution in [0.25, 0.3) is 16.9 Å². The predicted octanol–water partition coefficient (Wildman–Crippen LogP) is 1.79. The van der Waals surface area contributed by atoms with Crippen LogP contribution in [0, 0.1) is 6.92 Å². The summed E-state index contributed by atoms with van der Waals surface area (Å²) in [5, 5.41) is 13.6. The van der Waals surface area contributed by atoms with Crippen molar-refractivity contribution in [2.75, 3.05) is 31.8 Å². The van der Waals surface area contributed by atoms with Crippen LogP contribution in [0.1, 0.15) is 16.1 Å². The topological polar surface area (TPSA) is 127 Å². The first-order valence-corrected chi connectivity index (χ1v) is 8.90. The van der Waals surface area contributed by atoms with E-state index in [9.17, 15) is 4.79 Å². The van der Waals surface area contributed by atoms with Crippen molar-refractivity contribution in [1.82, 2.24) is 20.1 Å². The summed E-state index contributed by atoms with van der Waals surface area (Å²) >= 11 is 0. The molecule has 0 unspecified atom stereocenters. The number of primary amides is 1. The Hall–Kier alpha value is -3.88. The van der Waals surface area contributed by atoms with Crippen LogP contribution < -0.4 is 21.7 Å². The molecule has 0 fully saturated rings. The minimum atomic E-state index is -0.233. The minimum Gasteiger partial charge on any atom is -0.386 e. The zero-order valence-electron chi connectivity index (χ0n) is 16.9. The number of nitrogens with two attached hydrogens (primary N) is 1. The van der Waals surface area contributed by atoms with Gasteiger partial charge in [0.25, 0.3) is 5.91 Å². The van der Waals surface area contributed by atoms with Gasteiger partial charge in [0.2, 0.25) is 6.41 Å². The highest BCUT2D eigenvalue weighted by atomic mass is 16.1. The third-order valence-corrected chi connectivity index (χ3v) is 4.23. The third-order valence-electron chi connectivity index (χ3n) is 4.23. The second-order valence-corrected chi connectivity index (χ2v) is 5.90. The van der Waals surface area contributed by atoms with E-state index in [0.717, 1.165) is 28.3 Å². The summed E-state index contributed by atoms with van der Waals surface area (Å²) in [6.45, 7) is 2.01. The molecule has 9 nitrogen and oxygen atoms in total. The molecule has 3 aromatic rings. The highest BCUT2D eigenvalue weighted by Crippen LogP contribution is 2.31.